The Labute approximate surface area is 88.0 Å². The molecule has 0 amide bonds. The summed E-state index contributed by atoms with van der Waals surface area (Å²) >= 11 is 3.14. The van der Waals surface area contributed by atoms with Gasteiger partial charge in [0.1, 0.15) is 11.5 Å². The molecule has 3 N–H and O–H groups in total. The lowest BCUT2D eigenvalue weighted by Gasteiger charge is -2.05. The van der Waals surface area contributed by atoms with Crippen molar-refractivity contribution in [3.63, 3.8) is 0 Å². The number of pyridine rings is 1. The van der Waals surface area contributed by atoms with E-state index in [1.54, 1.807) is 0 Å². The zero-order valence-corrected chi connectivity index (χ0v) is 8.76. The molecule has 1 aliphatic heterocycles. The Balaban J connectivity index is 2.57. The van der Waals surface area contributed by atoms with Gasteiger partial charge in [-0.15, -0.1) is 0 Å². The number of nitrogens with one attached hydrogen (secondary N) is 2. The molecule has 14 heavy (non-hydrogen) atoms. The van der Waals surface area contributed by atoms with Crippen LogP contribution in [0.3, 0.4) is 0 Å². The lowest BCUT2D eigenvalue weighted by Crippen LogP contribution is -2.22. The van der Waals surface area contributed by atoms with E-state index in [0.29, 0.717) is 22.7 Å². The van der Waals surface area contributed by atoms with Crippen LogP contribution >= 0.6 is 15.9 Å². The molecule has 2 rings (SSSR count). The Hall–Kier alpha value is -1.30. The van der Waals surface area contributed by atoms with Crippen LogP contribution in [0.2, 0.25) is 0 Å². The number of hydrogen-bond acceptors (Lipinski definition) is 4. The van der Waals surface area contributed by atoms with E-state index in [9.17, 15) is 9.90 Å². The number of aliphatic imine (C=N–C) groups is 1. The van der Waals surface area contributed by atoms with Gasteiger partial charge in [-0.25, -0.2) is 0 Å². The van der Waals surface area contributed by atoms with Crippen LogP contribution in [0, 0.1) is 0 Å². The predicted molar refractivity (Wildman–Crippen MR) is 55.8 cm³/mol. The van der Waals surface area contributed by atoms with E-state index >= 15 is 0 Å². The average Bonchev–Trinajstić information content (AvgIpc) is 2.63. The van der Waals surface area contributed by atoms with E-state index in [-0.39, 0.29) is 5.75 Å². The summed E-state index contributed by atoms with van der Waals surface area (Å²) in [5.74, 6) is 0.224. The summed E-state index contributed by atoms with van der Waals surface area (Å²) in [4.78, 5) is 18.2. The van der Waals surface area contributed by atoms with Crippen LogP contribution in [-0.4, -0.2) is 29.0 Å². The highest BCUT2D eigenvalue weighted by Crippen LogP contribution is 2.14. The van der Waals surface area contributed by atoms with Crippen LogP contribution in [0.5, 0.6) is 5.75 Å². The minimum atomic E-state index is -0.429. The minimum Gasteiger partial charge on any atom is -0.503 e. The van der Waals surface area contributed by atoms with E-state index in [1.165, 1.54) is 6.07 Å². The Bertz CT molecular complexity index is 452. The van der Waals surface area contributed by atoms with Crippen molar-refractivity contribution in [2.45, 2.75) is 0 Å². The maximum absolute atomic E-state index is 11.2. The van der Waals surface area contributed by atoms with Gasteiger partial charge in [-0.05, 0) is 15.9 Å². The first-order valence-corrected chi connectivity index (χ1v) is 4.88. The fourth-order valence-electron chi connectivity index (χ4n) is 1.26. The molecule has 1 aromatic rings. The Kier molecular flexibility index (Phi) is 2.28. The molecule has 0 bridgehead atoms. The summed E-state index contributed by atoms with van der Waals surface area (Å²) in [7, 11) is 0. The zero-order chi connectivity index (χ0) is 10.1. The van der Waals surface area contributed by atoms with Gasteiger partial charge in [0.05, 0.1) is 11.1 Å². The van der Waals surface area contributed by atoms with Gasteiger partial charge < -0.3 is 15.4 Å². The molecular weight excluding hydrogens is 250 g/mol. The largest absolute Gasteiger partial charge is 0.503 e. The van der Waals surface area contributed by atoms with Crippen LogP contribution in [0.15, 0.2) is 20.5 Å². The van der Waals surface area contributed by atoms with Crippen molar-refractivity contribution in [2.24, 2.45) is 4.99 Å². The van der Waals surface area contributed by atoms with Crippen molar-refractivity contribution in [3.8, 4) is 5.75 Å². The van der Waals surface area contributed by atoms with Gasteiger partial charge in [0, 0.05) is 12.6 Å². The number of aromatic amines is 1. The molecule has 0 atom stereocenters. The van der Waals surface area contributed by atoms with Crippen molar-refractivity contribution in [1.82, 2.24) is 10.3 Å². The zero-order valence-electron chi connectivity index (χ0n) is 7.17. The van der Waals surface area contributed by atoms with E-state index in [4.69, 9.17) is 0 Å². The van der Waals surface area contributed by atoms with E-state index in [0.717, 1.165) is 6.54 Å². The molecule has 0 unspecified atom stereocenters. The number of hydrogen-bond donors (Lipinski definition) is 3. The highest BCUT2D eigenvalue weighted by Gasteiger charge is 2.15. The van der Waals surface area contributed by atoms with Gasteiger partial charge in [0.25, 0.3) is 0 Å². The van der Waals surface area contributed by atoms with Gasteiger partial charge in [-0.2, -0.15) is 0 Å². The Morgan fingerprint density at radius 3 is 3.00 bits per heavy atom. The second kappa shape index (κ2) is 3.45. The molecule has 0 radical (unpaired) electrons. The van der Waals surface area contributed by atoms with Crippen molar-refractivity contribution in [2.75, 3.05) is 13.1 Å². The molecule has 74 valence electrons. The maximum atomic E-state index is 11.2. The average molecular weight is 258 g/mol. The molecular formula is C8H8BrN3O2. The van der Waals surface area contributed by atoms with Gasteiger partial charge in [0.2, 0.25) is 5.43 Å². The highest BCUT2D eigenvalue weighted by molar-refractivity contribution is 9.10. The molecule has 5 nitrogen and oxygen atoms in total. The third-order valence-electron chi connectivity index (χ3n) is 1.88. The van der Waals surface area contributed by atoms with Gasteiger partial charge in [0.15, 0.2) is 5.75 Å². The predicted octanol–water partition coefficient (Wildman–Crippen LogP) is 0.193. The highest BCUT2D eigenvalue weighted by atomic mass is 79.9. The molecule has 0 fully saturated rings. The summed E-state index contributed by atoms with van der Waals surface area (Å²) in [5.41, 5.74) is -0.0936. The number of H-pyrrole nitrogens is 1. The summed E-state index contributed by atoms with van der Waals surface area (Å²) in [6, 6.07) is 1.27. The van der Waals surface area contributed by atoms with Crippen molar-refractivity contribution >= 4 is 21.8 Å². The number of rotatable bonds is 1. The third-order valence-corrected chi connectivity index (χ3v) is 2.31. The lowest BCUT2D eigenvalue weighted by molar-refractivity contribution is 0.465. The fraction of sp³-hybridized carbons (Fsp3) is 0.250. The Morgan fingerprint density at radius 1 is 1.57 bits per heavy atom. The first-order valence-electron chi connectivity index (χ1n) is 4.09. The number of amidine groups is 1. The molecule has 6 heteroatoms. The van der Waals surface area contributed by atoms with Crippen molar-refractivity contribution in [1.29, 1.82) is 0 Å². The first-order chi connectivity index (χ1) is 6.68. The number of aromatic nitrogens is 1. The van der Waals surface area contributed by atoms with E-state index in [2.05, 4.69) is 31.2 Å². The van der Waals surface area contributed by atoms with Gasteiger partial charge in [-0.1, -0.05) is 0 Å². The summed E-state index contributed by atoms with van der Waals surface area (Å²) in [6.45, 7) is 1.38. The first kappa shape index (κ1) is 9.26. The van der Waals surface area contributed by atoms with Gasteiger partial charge >= 0.3 is 0 Å². The maximum Gasteiger partial charge on any atom is 0.225 e. The third kappa shape index (κ3) is 1.52. The normalized spacial score (nSPS) is 15.1. The molecule has 0 saturated heterocycles. The van der Waals surface area contributed by atoms with Crippen molar-refractivity contribution < 1.29 is 5.11 Å². The fourth-order valence-corrected chi connectivity index (χ4v) is 1.66. The summed E-state index contributed by atoms with van der Waals surface area (Å²) in [6.07, 6.45) is 0. The molecule has 0 saturated carbocycles. The molecule has 2 heterocycles. The second-order valence-corrected chi connectivity index (χ2v) is 3.72. The topological polar surface area (TPSA) is 77.5 Å². The monoisotopic (exact) mass is 257 g/mol. The van der Waals surface area contributed by atoms with E-state index in [1.807, 2.05) is 0 Å². The van der Waals surface area contributed by atoms with Crippen LogP contribution in [-0.2, 0) is 0 Å². The molecule has 0 spiro atoms. The molecule has 0 aromatic carbocycles. The van der Waals surface area contributed by atoms with Crippen LogP contribution in [0.1, 0.15) is 5.69 Å². The molecule has 1 aliphatic rings. The smallest absolute Gasteiger partial charge is 0.225 e. The number of halogens is 1. The van der Waals surface area contributed by atoms with Gasteiger partial charge in [-0.3, -0.25) is 9.79 Å². The SMILES string of the molecule is O=c1cc(Br)[nH]c(C2=NCCN2)c1O. The van der Waals surface area contributed by atoms with Crippen LogP contribution in [0.25, 0.3) is 0 Å². The van der Waals surface area contributed by atoms with Crippen molar-refractivity contribution in [3.05, 3.63) is 26.6 Å². The quantitative estimate of drug-likeness (QED) is 0.629. The van der Waals surface area contributed by atoms with E-state index < -0.39 is 5.43 Å². The lowest BCUT2D eigenvalue weighted by atomic mass is 10.3. The second-order valence-electron chi connectivity index (χ2n) is 2.86. The summed E-state index contributed by atoms with van der Waals surface area (Å²) < 4.78 is 0.520. The standard InChI is InChI=1S/C8H8BrN3O2/c9-5-3-4(13)7(14)6(12-5)8-10-1-2-11-8/h3,14H,1-2H2,(H,10,11)(H,12,13). The Morgan fingerprint density at radius 2 is 2.36 bits per heavy atom. The van der Waals surface area contributed by atoms with Crippen LogP contribution in [0.4, 0.5) is 0 Å². The summed E-state index contributed by atoms with van der Waals surface area (Å²) in [5, 5.41) is 12.5. The van der Waals surface area contributed by atoms with Crippen LogP contribution < -0.4 is 10.7 Å². The number of aromatic hydroxyl groups is 1. The number of nitrogens with zero attached hydrogens (tertiary/aromatic N) is 1. The minimum absolute atomic E-state index is 0.304. The molecule has 1 aromatic heterocycles. The molecule has 0 aliphatic carbocycles.